The highest BCUT2D eigenvalue weighted by Gasteiger charge is 2.22. The molecule has 186 valence electrons. The number of benzene rings is 3. The number of para-hydroxylation sites is 2. The first-order valence-electron chi connectivity index (χ1n) is 11.5. The van der Waals surface area contributed by atoms with E-state index in [1.54, 1.807) is 24.3 Å². The average molecular weight is 498 g/mol. The van der Waals surface area contributed by atoms with Crippen LogP contribution in [0, 0.1) is 21.4 Å². The van der Waals surface area contributed by atoms with Gasteiger partial charge in [0.2, 0.25) is 0 Å². The third kappa shape index (κ3) is 5.07. The molecule has 0 amide bonds. The summed E-state index contributed by atoms with van der Waals surface area (Å²) in [6.45, 7) is 2.57. The van der Waals surface area contributed by atoms with Crippen LogP contribution in [0.4, 0.5) is 5.69 Å². The summed E-state index contributed by atoms with van der Waals surface area (Å²) in [7, 11) is 0. The van der Waals surface area contributed by atoms with Gasteiger partial charge in [0.05, 0.1) is 34.7 Å². The fourth-order valence-corrected chi connectivity index (χ4v) is 4.05. The number of nitriles is 1. The minimum Gasteiger partial charge on any atom is -0.490 e. The second-order valence-electron chi connectivity index (χ2n) is 8.16. The molecule has 0 spiro atoms. The molecule has 2 heterocycles. The first-order chi connectivity index (χ1) is 18.1. The summed E-state index contributed by atoms with van der Waals surface area (Å²) in [6, 6.07) is 17.9. The standard InChI is InChI=1S/C27H22N4O6/c1-2-35-25-10-17(9-18(13-28)27-29-22-5-3-4-6-23(22)30-27)7-8-24(25)36-15-20-12-21(31(32)33)11-19-14-34-16-37-26(19)20/h3-12H,2,14-16H2,1H3,(H,29,30)/b18-9+. The lowest BCUT2D eigenvalue weighted by Crippen LogP contribution is -2.14. The first-order valence-corrected chi connectivity index (χ1v) is 11.5. The predicted octanol–water partition coefficient (Wildman–Crippen LogP) is 5.38. The lowest BCUT2D eigenvalue weighted by molar-refractivity contribution is -0.385. The van der Waals surface area contributed by atoms with Crippen molar-refractivity contribution in [2.75, 3.05) is 13.4 Å². The van der Waals surface area contributed by atoms with Gasteiger partial charge in [-0.25, -0.2) is 4.98 Å². The number of imidazole rings is 1. The molecule has 37 heavy (non-hydrogen) atoms. The molecule has 0 atom stereocenters. The van der Waals surface area contributed by atoms with Crippen molar-refractivity contribution in [3.8, 4) is 23.3 Å². The number of nitrogens with zero attached hydrogens (tertiary/aromatic N) is 3. The molecule has 0 radical (unpaired) electrons. The maximum atomic E-state index is 11.4. The summed E-state index contributed by atoms with van der Waals surface area (Å²) in [5.74, 6) is 1.93. The molecule has 0 aliphatic carbocycles. The van der Waals surface area contributed by atoms with Crippen molar-refractivity contribution in [1.29, 1.82) is 5.26 Å². The van der Waals surface area contributed by atoms with E-state index in [1.807, 2.05) is 31.2 Å². The number of aromatic amines is 1. The fraction of sp³-hybridized carbons (Fsp3) is 0.185. The Balaban J connectivity index is 1.42. The van der Waals surface area contributed by atoms with Gasteiger partial charge in [-0.05, 0) is 42.8 Å². The summed E-state index contributed by atoms with van der Waals surface area (Å²) in [5, 5.41) is 21.1. The minimum absolute atomic E-state index is 0.0295. The lowest BCUT2D eigenvalue weighted by Gasteiger charge is -2.21. The number of fused-ring (bicyclic) bond motifs is 2. The third-order valence-corrected chi connectivity index (χ3v) is 5.71. The average Bonchev–Trinajstić information content (AvgIpc) is 3.35. The second-order valence-corrected chi connectivity index (χ2v) is 8.16. The molecule has 1 aliphatic heterocycles. The van der Waals surface area contributed by atoms with E-state index >= 15 is 0 Å². The van der Waals surface area contributed by atoms with Gasteiger partial charge < -0.3 is 23.9 Å². The zero-order valence-corrected chi connectivity index (χ0v) is 19.9. The zero-order valence-electron chi connectivity index (χ0n) is 19.9. The molecule has 10 heteroatoms. The molecule has 1 aromatic heterocycles. The second kappa shape index (κ2) is 10.4. The van der Waals surface area contributed by atoms with E-state index in [-0.39, 0.29) is 25.7 Å². The van der Waals surface area contributed by atoms with E-state index in [9.17, 15) is 15.4 Å². The van der Waals surface area contributed by atoms with E-state index in [0.29, 0.717) is 46.4 Å². The van der Waals surface area contributed by atoms with Crippen molar-refractivity contribution < 1.29 is 23.9 Å². The maximum absolute atomic E-state index is 11.4. The number of allylic oxidation sites excluding steroid dienone is 1. The lowest BCUT2D eigenvalue weighted by atomic mass is 10.1. The molecule has 3 aromatic carbocycles. The summed E-state index contributed by atoms with van der Waals surface area (Å²) >= 11 is 0. The Morgan fingerprint density at radius 1 is 1.22 bits per heavy atom. The Morgan fingerprint density at radius 2 is 2.08 bits per heavy atom. The van der Waals surface area contributed by atoms with Crippen molar-refractivity contribution in [2.45, 2.75) is 20.1 Å². The molecule has 0 saturated carbocycles. The summed E-state index contributed by atoms with van der Waals surface area (Å²) in [4.78, 5) is 18.6. The Bertz CT molecular complexity index is 1520. The van der Waals surface area contributed by atoms with Crippen LogP contribution in [0.25, 0.3) is 22.7 Å². The van der Waals surface area contributed by atoms with Crippen LogP contribution in [-0.4, -0.2) is 28.3 Å². The number of hydrogen-bond donors (Lipinski definition) is 1. The number of non-ortho nitro benzene ring substituents is 1. The Kier molecular flexibility index (Phi) is 6.70. The van der Waals surface area contributed by atoms with Gasteiger partial charge >= 0.3 is 0 Å². The van der Waals surface area contributed by atoms with Crippen LogP contribution in [0.2, 0.25) is 0 Å². The SMILES string of the molecule is CCOc1cc(/C=C(\C#N)c2nc3ccccc3[nH]2)ccc1OCc1cc([N+](=O)[O-])cc2c1OCOC2. The van der Waals surface area contributed by atoms with Gasteiger partial charge in [0.25, 0.3) is 5.69 Å². The minimum atomic E-state index is -0.458. The van der Waals surface area contributed by atoms with Crippen molar-refractivity contribution in [3.05, 3.63) is 87.2 Å². The molecular formula is C27H22N4O6. The van der Waals surface area contributed by atoms with Crippen molar-refractivity contribution in [3.63, 3.8) is 0 Å². The number of hydrogen-bond acceptors (Lipinski definition) is 8. The normalized spacial score (nSPS) is 12.9. The highest BCUT2D eigenvalue weighted by atomic mass is 16.7. The smallest absolute Gasteiger partial charge is 0.270 e. The molecule has 5 rings (SSSR count). The van der Waals surface area contributed by atoms with Crippen molar-refractivity contribution >= 4 is 28.4 Å². The van der Waals surface area contributed by atoms with Crippen molar-refractivity contribution in [1.82, 2.24) is 9.97 Å². The topological polar surface area (TPSA) is 133 Å². The molecule has 4 aromatic rings. The van der Waals surface area contributed by atoms with Crippen LogP contribution in [0.5, 0.6) is 17.2 Å². The van der Waals surface area contributed by atoms with Crippen LogP contribution in [0.15, 0.2) is 54.6 Å². The number of ether oxygens (including phenoxy) is 4. The summed E-state index contributed by atoms with van der Waals surface area (Å²) in [6.07, 6.45) is 1.72. The van der Waals surface area contributed by atoms with E-state index in [2.05, 4.69) is 16.0 Å². The van der Waals surface area contributed by atoms with Gasteiger partial charge in [-0.3, -0.25) is 10.1 Å². The molecule has 1 aliphatic rings. The van der Waals surface area contributed by atoms with Gasteiger partial charge in [0.15, 0.2) is 18.3 Å². The number of rotatable bonds is 8. The number of H-pyrrole nitrogens is 1. The van der Waals surface area contributed by atoms with Crippen LogP contribution >= 0.6 is 0 Å². The molecular weight excluding hydrogens is 476 g/mol. The monoisotopic (exact) mass is 498 g/mol. The molecule has 0 fully saturated rings. The summed E-state index contributed by atoms with van der Waals surface area (Å²) < 4.78 is 22.7. The van der Waals surface area contributed by atoms with Crippen LogP contribution < -0.4 is 14.2 Å². The molecule has 10 nitrogen and oxygen atoms in total. The van der Waals surface area contributed by atoms with Crippen LogP contribution in [0.3, 0.4) is 0 Å². The van der Waals surface area contributed by atoms with Crippen LogP contribution in [0.1, 0.15) is 29.4 Å². The van der Waals surface area contributed by atoms with Crippen LogP contribution in [-0.2, 0) is 18.0 Å². The number of nitrogens with one attached hydrogen (secondary N) is 1. The summed E-state index contributed by atoms with van der Waals surface area (Å²) in [5.41, 5.74) is 3.78. The van der Waals surface area contributed by atoms with Gasteiger partial charge in [-0.1, -0.05) is 18.2 Å². The van der Waals surface area contributed by atoms with Gasteiger partial charge in [-0.15, -0.1) is 0 Å². The highest BCUT2D eigenvalue weighted by Crippen LogP contribution is 2.35. The quantitative estimate of drug-likeness (QED) is 0.194. The largest absolute Gasteiger partial charge is 0.490 e. The first kappa shape index (κ1) is 23.8. The number of aromatic nitrogens is 2. The van der Waals surface area contributed by atoms with Gasteiger partial charge in [0, 0.05) is 23.3 Å². The third-order valence-electron chi connectivity index (χ3n) is 5.71. The molecule has 1 N–H and O–H groups in total. The van der Waals surface area contributed by atoms with Crippen molar-refractivity contribution in [2.24, 2.45) is 0 Å². The molecule has 0 bridgehead atoms. The molecule has 0 saturated heterocycles. The van der Waals surface area contributed by atoms with E-state index in [0.717, 1.165) is 16.6 Å². The van der Waals surface area contributed by atoms with Gasteiger partial charge in [-0.2, -0.15) is 5.26 Å². The fourth-order valence-electron chi connectivity index (χ4n) is 4.05. The number of nitro benzene ring substituents is 1. The van der Waals surface area contributed by atoms with E-state index in [1.165, 1.54) is 12.1 Å². The Hall–Kier alpha value is -4.88. The predicted molar refractivity (Wildman–Crippen MR) is 135 cm³/mol. The Labute approximate surface area is 211 Å². The van der Waals surface area contributed by atoms with E-state index in [4.69, 9.17) is 18.9 Å². The van der Waals surface area contributed by atoms with Gasteiger partial charge in [0.1, 0.15) is 24.3 Å². The zero-order chi connectivity index (χ0) is 25.8. The molecule has 0 unspecified atom stereocenters. The Morgan fingerprint density at radius 3 is 2.86 bits per heavy atom. The van der Waals surface area contributed by atoms with E-state index < -0.39 is 4.92 Å². The highest BCUT2D eigenvalue weighted by molar-refractivity contribution is 5.90. The maximum Gasteiger partial charge on any atom is 0.270 e. The number of nitro groups is 1.